The summed E-state index contributed by atoms with van der Waals surface area (Å²) in [5, 5.41) is -0.778. The van der Waals surface area contributed by atoms with Crippen molar-refractivity contribution in [2.24, 2.45) is 23.7 Å². The first kappa shape index (κ1) is 37.1. The van der Waals surface area contributed by atoms with Crippen molar-refractivity contribution in [1.82, 2.24) is 9.03 Å². The topological polar surface area (TPSA) is 122 Å². The zero-order valence-electron chi connectivity index (χ0n) is 29.0. The first-order valence-electron chi connectivity index (χ1n) is 17.4. The molecule has 2 aliphatic carbocycles. The van der Waals surface area contributed by atoms with Crippen molar-refractivity contribution >= 4 is 43.2 Å². The molecule has 2 aromatic rings. The minimum absolute atomic E-state index is 0.0184. The molecule has 0 radical (unpaired) electrons. The highest BCUT2D eigenvalue weighted by atomic mass is 35.5. The van der Waals surface area contributed by atoms with Gasteiger partial charge in [-0.2, -0.15) is 0 Å². The van der Waals surface area contributed by atoms with Gasteiger partial charge in [-0.05, 0) is 110 Å². The summed E-state index contributed by atoms with van der Waals surface area (Å²) in [6, 6.07) is 8.39. The van der Waals surface area contributed by atoms with Crippen molar-refractivity contribution in [2.75, 3.05) is 44.5 Å². The van der Waals surface area contributed by atoms with Crippen LogP contribution in [-0.4, -0.2) is 78.0 Å². The van der Waals surface area contributed by atoms with Crippen LogP contribution in [0.5, 0.6) is 5.75 Å². The molecule has 0 spiro atoms. The predicted molar refractivity (Wildman–Crippen MR) is 192 cm³/mol. The number of carbonyl (C=O) groups excluding carboxylic acids is 1. The van der Waals surface area contributed by atoms with E-state index < -0.39 is 37.0 Å². The first-order valence-corrected chi connectivity index (χ1v) is 21.2. The first-order chi connectivity index (χ1) is 23.6. The number of carbonyl (C=O) groups is 1. The number of nitrogens with one attached hydrogen (secondary N) is 1. The van der Waals surface area contributed by atoms with Crippen LogP contribution in [0.4, 0.5) is 10.1 Å². The van der Waals surface area contributed by atoms with E-state index in [4.69, 9.17) is 21.1 Å². The van der Waals surface area contributed by atoms with E-state index in [0.29, 0.717) is 62.4 Å². The van der Waals surface area contributed by atoms with Crippen LogP contribution in [0.2, 0.25) is 5.02 Å². The lowest BCUT2D eigenvalue weighted by molar-refractivity contribution is -0.0278. The highest BCUT2D eigenvalue weighted by Crippen LogP contribution is 2.47. The van der Waals surface area contributed by atoms with Gasteiger partial charge < -0.3 is 14.4 Å². The van der Waals surface area contributed by atoms with Crippen LogP contribution >= 0.6 is 11.6 Å². The second-order valence-electron chi connectivity index (χ2n) is 14.4. The lowest BCUT2D eigenvalue weighted by Crippen LogP contribution is -2.48. The largest absolute Gasteiger partial charge is 0.491 e. The number of hydrogen-bond acceptors (Lipinski definition) is 8. The molecule has 0 aromatic heterocycles. The quantitative estimate of drug-likeness (QED) is 0.395. The molecule has 1 amide bonds. The fourth-order valence-electron chi connectivity index (χ4n) is 7.58. The third-order valence-corrected chi connectivity index (χ3v) is 14.8. The van der Waals surface area contributed by atoms with Gasteiger partial charge in [0.1, 0.15) is 11.6 Å². The van der Waals surface area contributed by atoms with Crippen molar-refractivity contribution < 1.29 is 35.5 Å². The van der Waals surface area contributed by atoms with Gasteiger partial charge in [0.2, 0.25) is 20.0 Å². The monoisotopic (exact) mass is 751 g/mol. The van der Waals surface area contributed by atoms with Crippen LogP contribution in [0, 0.1) is 29.5 Å². The van der Waals surface area contributed by atoms with Crippen LogP contribution in [0.15, 0.2) is 42.0 Å². The Morgan fingerprint density at radius 1 is 1.16 bits per heavy atom. The maximum atomic E-state index is 15.5. The second kappa shape index (κ2) is 14.7. The number of ether oxygens (including phenoxy) is 2. The number of allylic oxidation sites excluding steroid dienone is 1. The maximum absolute atomic E-state index is 15.5. The standard InChI is InChI=1S/C36H47ClFN3O7S2/c1-22-23(2)50(45,46)39-36(42)24-10-13-33-32(19-24)41(20-25-9-12-31(37)34(38)29(25)7-5-6-15-47-33)21-26-8-11-30(26)35(28-17-27(22)18-28)48-16-14-40(3)49(4,43)44/h9-10,12-13,17,19,22-23,26-27,30,35H,5-8,11,14-16,18,20-21H2,1-4H3,(H,39,42)/t22-,23-,26+,27+,30-,35+/m1/s1. The molecular weight excluding hydrogens is 705 g/mol. The van der Waals surface area contributed by atoms with E-state index in [9.17, 15) is 21.6 Å². The molecule has 7 rings (SSSR count). The van der Waals surface area contributed by atoms with Gasteiger partial charge in [-0.25, -0.2) is 30.3 Å². The number of anilines is 1. The molecule has 1 saturated carbocycles. The van der Waals surface area contributed by atoms with Crippen LogP contribution < -0.4 is 14.4 Å². The minimum Gasteiger partial charge on any atom is -0.491 e. The third kappa shape index (κ3) is 7.72. The van der Waals surface area contributed by atoms with Crippen molar-refractivity contribution in [2.45, 2.75) is 70.3 Å². The fourth-order valence-corrected chi connectivity index (χ4v) is 9.49. The van der Waals surface area contributed by atoms with Crippen molar-refractivity contribution in [3.63, 3.8) is 0 Å². The van der Waals surface area contributed by atoms with Crippen molar-refractivity contribution in [3.05, 3.63) is 69.5 Å². The molecule has 274 valence electrons. The summed E-state index contributed by atoms with van der Waals surface area (Å²) in [5.74, 6) is -0.598. The highest BCUT2D eigenvalue weighted by Gasteiger charge is 2.45. The number of rotatable bonds is 5. The van der Waals surface area contributed by atoms with Gasteiger partial charge in [-0.15, -0.1) is 0 Å². The Bertz CT molecular complexity index is 1870. The maximum Gasteiger partial charge on any atom is 0.264 e. The summed E-state index contributed by atoms with van der Waals surface area (Å²) in [5.41, 5.74) is 3.23. The summed E-state index contributed by atoms with van der Waals surface area (Å²) in [7, 11) is -5.88. The van der Waals surface area contributed by atoms with Gasteiger partial charge in [0.15, 0.2) is 0 Å². The number of sulfonamides is 2. The van der Waals surface area contributed by atoms with E-state index >= 15 is 4.39 Å². The molecule has 1 N–H and O–H groups in total. The fraction of sp³-hybridized carbons (Fsp3) is 0.583. The van der Waals surface area contributed by atoms with E-state index in [1.165, 1.54) is 17.6 Å². The van der Waals surface area contributed by atoms with Crippen LogP contribution in [-0.2, 0) is 37.7 Å². The van der Waals surface area contributed by atoms with Crippen LogP contribution in [0.1, 0.15) is 67.4 Å². The summed E-state index contributed by atoms with van der Waals surface area (Å²) in [4.78, 5) is 15.7. The van der Waals surface area contributed by atoms with E-state index in [0.717, 1.165) is 24.0 Å². The molecule has 2 aromatic carbocycles. The summed E-state index contributed by atoms with van der Waals surface area (Å²) < 4.78 is 83.1. The number of likely N-dealkylation sites (N-methyl/N-ethyl adjacent to an activating group) is 1. The molecule has 0 saturated heterocycles. The number of nitrogens with zero attached hydrogens (tertiary/aromatic N) is 2. The molecule has 3 aliphatic heterocycles. The van der Waals surface area contributed by atoms with Gasteiger partial charge in [0, 0.05) is 32.2 Å². The molecule has 6 atom stereocenters. The van der Waals surface area contributed by atoms with Gasteiger partial charge >= 0.3 is 0 Å². The summed E-state index contributed by atoms with van der Waals surface area (Å²) in [6.45, 7) is 5.18. The molecule has 4 bridgehead atoms. The number of amides is 1. The number of hydrogen-bond donors (Lipinski definition) is 1. The predicted octanol–water partition coefficient (Wildman–Crippen LogP) is 5.55. The zero-order chi connectivity index (χ0) is 36.0. The smallest absolute Gasteiger partial charge is 0.264 e. The van der Waals surface area contributed by atoms with Crippen LogP contribution in [0.3, 0.4) is 0 Å². The molecule has 1 fully saturated rings. The molecule has 14 heteroatoms. The average molecular weight is 752 g/mol. The van der Waals surface area contributed by atoms with Gasteiger partial charge in [-0.3, -0.25) is 4.79 Å². The molecule has 10 nitrogen and oxygen atoms in total. The molecule has 5 aliphatic rings. The van der Waals surface area contributed by atoms with Gasteiger partial charge in [0.05, 0.1) is 41.5 Å². The Morgan fingerprint density at radius 3 is 2.62 bits per heavy atom. The molecular formula is C36H47ClFN3O7S2. The number of halogens is 2. The van der Waals surface area contributed by atoms with Crippen LogP contribution in [0.25, 0.3) is 0 Å². The molecule has 50 heavy (non-hydrogen) atoms. The molecule has 0 unspecified atom stereocenters. The highest BCUT2D eigenvalue weighted by molar-refractivity contribution is 7.90. The average Bonchev–Trinajstić information content (AvgIpc) is 3.05. The van der Waals surface area contributed by atoms with E-state index in [1.807, 2.05) is 13.0 Å². The zero-order valence-corrected chi connectivity index (χ0v) is 31.4. The Labute approximate surface area is 300 Å². The van der Waals surface area contributed by atoms with E-state index in [1.54, 1.807) is 31.2 Å². The van der Waals surface area contributed by atoms with Gasteiger partial charge in [-0.1, -0.05) is 30.7 Å². The minimum atomic E-state index is -4.04. The normalized spacial score (nSPS) is 28.4. The SMILES string of the molecule is C[C@@H]1[C@@H](C)S(=O)(=O)NC(=O)c2ccc3c(c2)N(Cc2ccc(Cl)c(F)c2CCCCO3)C[C@@H]2CC[C@H]2[C@@H](OCCN(C)S(C)(=O)=O)C2=C[C@H]1C2. The van der Waals surface area contributed by atoms with Crippen molar-refractivity contribution in [1.29, 1.82) is 0 Å². The second-order valence-corrected chi connectivity index (χ2v) is 18.9. The Balaban J connectivity index is 1.42. The third-order valence-electron chi connectivity index (χ3n) is 11.3. The summed E-state index contributed by atoms with van der Waals surface area (Å²) in [6.07, 6.45) is 7.35. The summed E-state index contributed by atoms with van der Waals surface area (Å²) >= 11 is 6.25. The molecule has 3 heterocycles. The van der Waals surface area contributed by atoms with E-state index in [-0.39, 0.29) is 53.5 Å². The van der Waals surface area contributed by atoms with E-state index in [2.05, 4.69) is 15.7 Å². The lowest BCUT2D eigenvalue weighted by atomic mass is 9.64. The lowest BCUT2D eigenvalue weighted by Gasteiger charge is -2.48. The Kier molecular flexibility index (Phi) is 10.9. The number of fused-ring (bicyclic) bond motifs is 5. The van der Waals surface area contributed by atoms with Crippen molar-refractivity contribution in [3.8, 4) is 5.75 Å². The Hall–Kier alpha value is -2.71. The Morgan fingerprint density at radius 2 is 1.92 bits per heavy atom. The number of benzene rings is 2. The van der Waals surface area contributed by atoms with Gasteiger partial charge in [0.25, 0.3) is 5.91 Å².